The van der Waals surface area contributed by atoms with E-state index in [-0.39, 0.29) is 0 Å². The average molecular weight is 261 g/mol. The first-order valence-corrected chi connectivity index (χ1v) is 8.84. The largest absolute Gasteiger partial charge is 0.319 e. The summed E-state index contributed by atoms with van der Waals surface area (Å²) in [6.45, 7) is 3.28. The van der Waals surface area contributed by atoms with Crippen LogP contribution in [0.2, 0.25) is 0 Å². The lowest BCUT2D eigenvalue weighted by Crippen LogP contribution is -2.32. The Morgan fingerprint density at radius 2 is 1.94 bits per heavy atom. The van der Waals surface area contributed by atoms with Crippen LogP contribution >= 0.6 is 0 Å². The number of hydrogen-bond acceptors (Lipinski definition) is 3. The van der Waals surface area contributed by atoms with Crippen molar-refractivity contribution in [2.75, 3.05) is 25.6 Å². The predicted molar refractivity (Wildman–Crippen MR) is 72.9 cm³/mol. The molecule has 0 aromatic heterocycles. The fourth-order valence-corrected chi connectivity index (χ4v) is 3.78. The van der Waals surface area contributed by atoms with Gasteiger partial charge in [0.25, 0.3) is 0 Å². The van der Waals surface area contributed by atoms with Crippen molar-refractivity contribution in [1.82, 2.24) is 5.32 Å². The summed E-state index contributed by atoms with van der Waals surface area (Å²) in [6, 6.07) is 0. The zero-order chi connectivity index (χ0) is 12.9. The summed E-state index contributed by atoms with van der Waals surface area (Å²) < 4.78 is 22.5. The Labute approximate surface area is 106 Å². The Morgan fingerprint density at radius 3 is 2.47 bits per heavy atom. The van der Waals surface area contributed by atoms with Gasteiger partial charge >= 0.3 is 0 Å². The first-order valence-electron chi connectivity index (χ1n) is 6.78. The van der Waals surface area contributed by atoms with E-state index in [1.807, 2.05) is 7.05 Å². The van der Waals surface area contributed by atoms with Gasteiger partial charge in [0.1, 0.15) is 9.84 Å². The molecule has 0 spiro atoms. The Balaban J connectivity index is 2.54. The van der Waals surface area contributed by atoms with E-state index >= 15 is 0 Å². The number of nitrogens with one attached hydrogen (secondary N) is 1. The standard InChI is InChI=1S/C13H27NO2S/c1-4-11-5-6-13(10-14-2)12(9-11)7-8-17(3,15)16/h11-14H,4-10H2,1-3H3. The van der Waals surface area contributed by atoms with Crippen LogP contribution in [-0.4, -0.2) is 34.0 Å². The van der Waals surface area contributed by atoms with E-state index in [1.165, 1.54) is 31.9 Å². The van der Waals surface area contributed by atoms with Crippen LogP contribution in [0.15, 0.2) is 0 Å². The van der Waals surface area contributed by atoms with Gasteiger partial charge in [-0.05, 0) is 50.6 Å². The molecule has 1 fully saturated rings. The lowest BCUT2D eigenvalue weighted by Gasteiger charge is -2.36. The number of rotatable bonds is 6. The molecular formula is C13H27NO2S. The summed E-state index contributed by atoms with van der Waals surface area (Å²) in [5.74, 6) is 2.43. The van der Waals surface area contributed by atoms with Crippen LogP contribution < -0.4 is 5.32 Å². The van der Waals surface area contributed by atoms with Crippen LogP contribution in [0.3, 0.4) is 0 Å². The van der Waals surface area contributed by atoms with Crippen LogP contribution in [-0.2, 0) is 9.84 Å². The fraction of sp³-hybridized carbons (Fsp3) is 1.00. The highest BCUT2D eigenvalue weighted by Gasteiger charge is 2.29. The quantitative estimate of drug-likeness (QED) is 0.796. The van der Waals surface area contributed by atoms with Crippen molar-refractivity contribution in [3.63, 3.8) is 0 Å². The van der Waals surface area contributed by atoms with Gasteiger partial charge in [-0.25, -0.2) is 8.42 Å². The summed E-state index contributed by atoms with van der Waals surface area (Å²) in [5, 5.41) is 3.25. The Hall–Kier alpha value is -0.0900. The van der Waals surface area contributed by atoms with E-state index in [1.54, 1.807) is 0 Å². The highest BCUT2D eigenvalue weighted by molar-refractivity contribution is 7.90. The zero-order valence-corrected chi connectivity index (χ0v) is 12.2. The van der Waals surface area contributed by atoms with Crippen molar-refractivity contribution >= 4 is 9.84 Å². The minimum absolute atomic E-state index is 0.355. The topological polar surface area (TPSA) is 46.2 Å². The van der Waals surface area contributed by atoms with E-state index in [9.17, 15) is 8.42 Å². The summed E-state index contributed by atoms with van der Waals surface area (Å²) in [4.78, 5) is 0. The molecule has 3 nitrogen and oxygen atoms in total. The van der Waals surface area contributed by atoms with Crippen molar-refractivity contribution in [3.8, 4) is 0 Å². The molecule has 1 aliphatic rings. The highest BCUT2D eigenvalue weighted by Crippen LogP contribution is 2.37. The molecule has 1 rings (SSSR count). The van der Waals surface area contributed by atoms with Crippen molar-refractivity contribution in [3.05, 3.63) is 0 Å². The molecule has 0 amide bonds. The van der Waals surface area contributed by atoms with Gasteiger partial charge in [0.2, 0.25) is 0 Å². The van der Waals surface area contributed by atoms with Gasteiger partial charge in [0.05, 0.1) is 5.75 Å². The Kier molecular flexibility index (Phi) is 5.93. The van der Waals surface area contributed by atoms with E-state index in [4.69, 9.17) is 0 Å². The second kappa shape index (κ2) is 6.74. The van der Waals surface area contributed by atoms with Gasteiger partial charge in [-0.3, -0.25) is 0 Å². The molecular weight excluding hydrogens is 234 g/mol. The van der Waals surface area contributed by atoms with Gasteiger partial charge < -0.3 is 5.32 Å². The number of hydrogen-bond donors (Lipinski definition) is 1. The van der Waals surface area contributed by atoms with Crippen LogP contribution in [0.5, 0.6) is 0 Å². The number of sulfone groups is 1. The SMILES string of the molecule is CCC1CCC(CNC)C(CCS(C)(=O)=O)C1. The third-order valence-electron chi connectivity index (χ3n) is 4.15. The van der Waals surface area contributed by atoms with Crippen molar-refractivity contribution in [2.45, 2.75) is 39.0 Å². The molecule has 4 heteroatoms. The third-order valence-corrected chi connectivity index (χ3v) is 5.13. The molecule has 0 aromatic carbocycles. The van der Waals surface area contributed by atoms with Crippen molar-refractivity contribution in [2.24, 2.45) is 17.8 Å². The van der Waals surface area contributed by atoms with Gasteiger partial charge in [-0.2, -0.15) is 0 Å². The second-order valence-corrected chi connectivity index (χ2v) is 7.84. The fourth-order valence-electron chi connectivity index (χ4n) is 3.04. The molecule has 102 valence electrons. The molecule has 0 bridgehead atoms. The molecule has 0 aromatic rings. The molecule has 1 saturated carbocycles. The summed E-state index contributed by atoms with van der Waals surface area (Å²) in [5.41, 5.74) is 0. The summed E-state index contributed by atoms with van der Waals surface area (Å²) >= 11 is 0. The molecule has 3 atom stereocenters. The lowest BCUT2D eigenvalue weighted by atomic mass is 9.72. The summed E-state index contributed by atoms with van der Waals surface area (Å²) in [7, 11) is -0.821. The lowest BCUT2D eigenvalue weighted by molar-refractivity contribution is 0.170. The molecule has 1 aliphatic carbocycles. The molecule has 17 heavy (non-hydrogen) atoms. The van der Waals surface area contributed by atoms with Crippen molar-refractivity contribution in [1.29, 1.82) is 0 Å². The van der Waals surface area contributed by atoms with E-state index < -0.39 is 9.84 Å². The van der Waals surface area contributed by atoms with Crippen LogP contribution in [0, 0.1) is 17.8 Å². The van der Waals surface area contributed by atoms with E-state index in [0.29, 0.717) is 17.6 Å². The van der Waals surface area contributed by atoms with Gasteiger partial charge in [-0.1, -0.05) is 19.8 Å². The summed E-state index contributed by atoms with van der Waals surface area (Å²) in [6.07, 6.45) is 7.23. The molecule has 0 saturated heterocycles. The highest BCUT2D eigenvalue weighted by atomic mass is 32.2. The van der Waals surface area contributed by atoms with E-state index in [2.05, 4.69) is 12.2 Å². The maximum absolute atomic E-state index is 11.3. The Morgan fingerprint density at radius 1 is 1.24 bits per heavy atom. The maximum Gasteiger partial charge on any atom is 0.147 e. The minimum Gasteiger partial charge on any atom is -0.319 e. The second-order valence-electron chi connectivity index (χ2n) is 5.58. The first kappa shape index (κ1) is 15.0. The van der Waals surface area contributed by atoms with Gasteiger partial charge in [-0.15, -0.1) is 0 Å². The van der Waals surface area contributed by atoms with Crippen LogP contribution in [0.4, 0.5) is 0 Å². The Bertz CT molecular complexity index is 313. The van der Waals surface area contributed by atoms with Crippen LogP contribution in [0.1, 0.15) is 39.0 Å². The van der Waals surface area contributed by atoms with Crippen LogP contribution in [0.25, 0.3) is 0 Å². The molecule has 3 unspecified atom stereocenters. The first-order chi connectivity index (χ1) is 7.96. The maximum atomic E-state index is 11.3. The third kappa shape index (κ3) is 5.38. The van der Waals surface area contributed by atoms with Gasteiger partial charge in [0.15, 0.2) is 0 Å². The van der Waals surface area contributed by atoms with Crippen molar-refractivity contribution < 1.29 is 8.42 Å². The van der Waals surface area contributed by atoms with E-state index in [0.717, 1.165) is 18.9 Å². The average Bonchev–Trinajstić information content (AvgIpc) is 2.27. The minimum atomic E-state index is -2.81. The van der Waals surface area contributed by atoms with Gasteiger partial charge in [0, 0.05) is 6.26 Å². The zero-order valence-electron chi connectivity index (χ0n) is 11.4. The predicted octanol–water partition coefficient (Wildman–Crippen LogP) is 2.08. The normalized spacial score (nSPS) is 30.4. The smallest absolute Gasteiger partial charge is 0.147 e. The molecule has 1 N–H and O–H groups in total. The molecule has 0 aliphatic heterocycles. The molecule has 0 radical (unpaired) electrons. The molecule has 0 heterocycles. The monoisotopic (exact) mass is 261 g/mol.